The number of fused-ring (bicyclic) bond motifs is 1. The van der Waals surface area contributed by atoms with Crippen molar-refractivity contribution < 1.29 is 14.3 Å². The fraction of sp³-hybridized carbons (Fsp3) is 0.312. The molecule has 2 aromatic rings. The van der Waals surface area contributed by atoms with Gasteiger partial charge in [-0.25, -0.2) is 0 Å². The van der Waals surface area contributed by atoms with Crippen LogP contribution in [-0.4, -0.2) is 32.5 Å². The topological polar surface area (TPSA) is 92.3 Å². The largest absolute Gasteiger partial charge is 0.485 e. The number of amides is 1. The summed E-state index contributed by atoms with van der Waals surface area (Å²) in [5, 5.41) is 8.59. The van der Waals surface area contributed by atoms with Crippen LogP contribution in [0.5, 0.6) is 11.5 Å². The molecule has 0 fully saturated rings. The van der Waals surface area contributed by atoms with Crippen molar-refractivity contribution in [2.24, 2.45) is 5.73 Å². The number of nitrogens with zero attached hydrogens (tertiary/aromatic N) is 3. The van der Waals surface area contributed by atoms with Crippen molar-refractivity contribution in [1.29, 1.82) is 0 Å². The van der Waals surface area contributed by atoms with Crippen molar-refractivity contribution in [3.8, 4) is 11.5 Å². The molecule has 0 aliphatic carbocycles. The van der Waals surface area contributed by atoms with Crippen LogP contribution in [0.4, 0.5) is 0 Å². The smallest absolute Gasteiger partial charge is 0.230 e. The zero-order chi connectivity index (χ0) is 17.1. The molecule has 1 aromatic heterocycles. The average molecular weight is 346 g/mol. The highest BCUT2D eigenvalue weighted by molar-refractivity contribution is 8.00. The van der Waals surface area contributed by atoms with Crippen LogP contribution in [0.3, 0.4) is 0 Å². The highest BCUT2D eigenvalue weighted by Gasteiger charge is 2.29. The minimum absolute atomic E-state index is 0.336. The highest BCUT2D eigenvalue weighted by atomic mass is 32.2. The van der Waals surface area contributed by atoms with Crippen LogP contribution in [-0.2, 0) is 11.3 Å². The number of para-hydroxylation sites is 2. The summed E-state index contributed by atoms with van der Waals surface area (Å²) in [4.78, 5) is 11.3. The summed E-state index contributed by atoms with van der Waals surface area (Å²) in [6.07, 6.45) is 1.36. The number of rotatable bonds is 6. The van der Waals surface area contributed by atoms with Crippen molar-refractivity contribution in [3.05, 3.63) is 42.7 Å². The first-order valence-electron chi connectivity index (χ1n) is 7.48. The molecular weight excluding hydrogens is 328 g/mol. The molecule has 7 nitrogen and oxygen atoms in total. The number of aromatic nitrogens is 3. The standard InChI is InChI=1S/C16H18N4O3S/c1-3-8-20-15(18-19-16(20)24-10(2)14(17)21)13-9-22-11-6-4-5-7-12(11)23-13/h3-7,10,13H,1,8-9H2,2H3,(H2,17,21)/t10-,13+/m0/s1. The van der Waals surface area contributed by atoms with Crippen molar-refractivity contribution >= 4 is 17.7 Å². The second-order valence-corrected chi connectivity index (χ2v) is 6.57. The Hall–Kier alpha value is -2.48. The van der Waals surface area contributed by atoms with E-state index in [1.54, 1.807) is 13.0 Å². The normalized spacial score (nSPS) is 17.3. The molecule has 8 heteroatoms. The van der Waals surface area contributed by atoms with Gasteiger partial charge in [-0.1, -0.05) is 30.0 Å². The molecule has 0 radical (unpaired) electrons. The molecule has 0 bridgehead atoms. The molecule has 1 aliphatic heterocycles. The number of benzene rings is 1. The van der Waals surface area contributed by atoms with Gasteiger partial charge in [0, 0.05) is 6.54 Å². The molecule has 2 atom stereocenters. The Kier molecular flexibility index (Phi) is 4.75. The lowest BCUT2D eigenvalue weighted by Crippen LogP contribution is -2.25. The van der Waals surface area contributed by atoms with E-state index in [0.717, 1.165) is 0 Å². The van der Waals surface area contributed by atoms with E-state index in [1.807, 2.05) is 28.8 Å². The summed E-state index contributed by atoms with van der Waals surface area (Å²) >= 11 is 1.26. The summed E-state index contributed by atoms with van der Waals surface area (Å²) < 4.78 is 13.6. The predicted octanol–water partition coefficient (Wildman–Crippen LogP) is 1.94. The Morgan fingerprint density at radius 3 is 2.96 bits per heavy atom. The van der Waals surface area contributed by atoms with E-state index in [0.29, 0.717) is 35.6 Å². The predicted molar refractivity (Wildman–Crippen MR) is 90.0 cm³/mol. The third-order valence-corrected chi connectivity index (χ3v) is 4.64. The maximum atomic E-state index is 11.3. The SMILES string of the molecule is C=CCn1c(S[C@@H](C)C(N)=O)nnc1[C@H]1COc2ccccc2O1. The maximum Gasteiger partial charge on any atom is 0.230 e. The summed E-state index contributed by atoms with van der Waals surface area (Å²) in [6.45, 7) is 6.33. The third kappa shape index (κ3) is 3.23. The summed E-state index contributed by atoms with van der Waals surface area (Å²) in [7, 11) is 0. The van der Waals surface area contributed by atoms with Crippen LogP contribution in [0.2, 0.25) is 0 Å². The minimum Gasteiger partial charge on any atom is -0.485 e. The van der Waals surface area contributed by atoms with E-state index in [2.05, 4.69) is 16.8 Å². The van der Waals surface area contributed by atoms with Gasteiger partial charge in [0.25, 0.3) is 0 Å². The second kappa shape index (κ2) is 6.96. The number of hydrogen-bond acceptors (Lipinski definition) is 6. The van der Waals surface area contributed by atoms with Gasteiger partial charge in [0.2, 0.25) is 5.91 Å². The Bertz CT molecular complexity index is 762. The minimum atomic E-state index is -0.408. The first kappa shape index (κ1) is 16.4. The van der Waals surface area contributed by atoms with Gasteiger partial charge < -0.3 is 15.2 Å². The molecule has 24 heavy (non-hydrogen) atoms. The summed E-state index contributed by atoms with van der Waals surface area (Å²) in [5.41, 5.74) is 5.33. The van der Waals surface area contributed by atoms with E-state index in [1.165, 1.54) is 11.8 Å². The Balaban J connectivity index is 1.87. The lowest BCUT2D eigenvalue weighted by atomic mass is 10.2. The number of thioether (sulfide) groups is 1. The van der Waals surface area contributed by atoms with Crippen LogP contribution in [0.1, 0.15) is 18.9 Å². The first-order chi connectivity index (χ1) is 11.6. The molecule has 1 aromatic carbocycles. The lowest BCUT2D eigenvalue weighted by molar-refractivity contribution is -0.117. The first-order valence-corrected chi connectivity index (χ1v) is 8.36. The molecule has 1 aliphatic rings. The van der Waals surface area contributed by atoms with Gasteiger partial charge in [-0.15, -0.1) is 16.8 Å². The van der Waals surface area contributed by atoms with Crippen LogP contribution in [0.25, 0.3) is 0 Å². The number of primary amides is 1. The zero-order valence-electron chi connectivity index (χ0n) is 13.2. The van der Waals surface area contributed by atoms with Gasteiger partial charge in [0.15, 0.2) is 28.6 Å². The molecular formula is C16H18N4O3S. The number of carbonyl (C=O) groups excluding carboxylic acids is 1. The van der Waals surface area contributed by atoms with Crippen LogP contribution >= 0.6 is 11.8 Å². The maximum absolute atomic E-state index is 11.3. The third-order valence-electron chi connectivity index (χ3n) is 3.54. The molecule has 0 spiro atoms. The zero-order valence-corrected chi connectivity index (χ0v) is 14.0. The van der Waals surface area contributed by atoms with Crippen LogP contribution in [0.15, 0.2) is 42.1 Å². The molecule has 1 amide bonds. The second-order valence-electron chi connectivity index (χ2n) is 5.27. The Morgan fingerprint density at radius 1 is 1.50 bits per heavy atom. The number of ether oxygens (including phenoxy) is 2. The van der Waals surface area contributed by atoms with E-state index in [4.69, 9.17) is 15.2 Å². The number of allylic oxidation sites excluding steroid dienone is 1. The molecule has 2 N–H and O–H groups in total. The van der Waals surface area contributed by atoms with E-state index in [-0.39, 0.29) is 6.10 Å². The fourth-order valence-corrected chi connectivity index (χ4v) is 3.10. The Labute approximate surface area is 143 Å². The van der Waals surface area contributed by atoms with Crippen molar-refractivity contribution in [2.45, 2.75) is 30.0 Å². The molecule has 0 saturated carbocycles. The summed E-state index contributed by atoms with van der Waals surface area (Å²) in [6, 6.07) is 7.48. The molecule has 0 unspecified atom stereocenters. The van der Waals surface area contributed by atoms with Gasteiger partial charge >= 0.3 is 0 Å². The van der Waals surface area contributed by atoms with E-state index in [9.17, 15) is 4.79 Å². The Morgan fingerprint density at radius 2 is 2.25 bits per heavy atom. The quantitative estimate of drug-likeness (QED) is 0.635. The van der Waals surface area contributed by atoms with E-state index < -0.39 is 11.2 Å². The summed E-state index contributed by atoms with van der Waals surface area (Å²) in [5.74, 6) is 1.60. The van der Waals surface area contributed by atoms with Crippen LogP contribution in [0, 0.1) is 0 Å². The lowest BCUT2D eigenvalue weighted by Gasteiger charge is -2.26. The van der Waals surface area contributed by atoms with Crippen molar-refractivity contribution in [3.63, 3.8) is 0 Å². The molecule has 126 valence electrons. The van der Waals surface area contributed by atoms with Gasteiger partial charge in [0.05, 0.1) is 5.25 Å². The van der Waals surface area contributed by atoms with Crippen molar-refractivity contribution in [1.82, 2.24) is 14.8 Å². The van der Waals surface area contributed by atoms with Crippen molar-refractivity contribution in [2.75, 3.05) is 6.61 Å². The monoisotopic (exact) mass is 346 g/mol. The fourth-order valence-electron chi connectivity index (χ4n) is 2.29. The number of hydrogen-bond donors (Lipinski definition) is 1. The average Bonchev–Trinajstić information content (AvgIpc) is 2.97. The molecule has 2 heterocycles. The van der Waals surface area contributed by atoms with Gasteiger partial charge in [-0.2, -0.15) is 0 Å². The number of nitrogens with two attached hydrogens (primary N) is 1. The van der Waals surface area contributed by atoms with Crippen LogP contribution < -0.4 is 15.2 Å². The molecule has 3 rings (SSSR count). The number of carbonyl (C=O) groups is 1. The van der Waals surface area contributed by atoms with Gasteiger partial charge in [-0.3, -0.25) is 9.36 Å². The van der Waals surface area contributed by atoms with Gasteiger partial charge in [-0.05, 0) is 19.1 Å². The highest BCUT2D eigenvalue weighted by Crippen LogP contribution is 2.36. The van der Waals surface area contributed by atoms with E-state index >= 15 is 0 Å². The van der Waals surface area contributed by atoms with Gasteiger partial charge in [0.1, 0.15) is 6.61 Å². The molecule has 0 saturated heterocycles.